The molecule has 1 aromatic carbocycles. The zero-order valence-corrected chi connectivity index (χ0v) is 14.7. The van der Waals surface area contributed by atoms with E-state index < -0.39 is 0 Å². The SMILES string of the molecule is Cc1c(C(=O)NCCn2nnn(-c3cccs3)c2=O)oc2ccccc12. The smallest absolute Gasteiger partial charge is 0.369 e. The first kappa shape index (κ1) is 16.3. The summed E-state index contributed by atoms with van der Waals surface area (Å²) in [5.41, 5.74) is 1.12. The van der Waals surface area contributed by atoms with Gasteiger partial charge in [-0.3, -0.25) is 4.79 Å². The van der Waals surface area contributed by atoms with E-state index in [0.717, 1.165) is 10.9 Å². The maximum Gasteiger partial charge on any atom is 0.369 e. The molecule has 4 aromatic rings. The van der Waals surface area contributed by atoms with E-state index >= 15 is 0 Å². The number of para-hydroxylation sites is 1. The zero-order valence-electron chi connectivity index (χ0n) is 13.9. The van der Waals surface area contributed by atoms with Crippen molar-refractivity contribution in [2.45, 2.75) is 13.5 Å². The molecular weight excluding hydrogens is 354 g/mol. The molecule has 4 rings (SSSR count). The summed E-state index contributed by atoms with van der Waals surface area (Å²) in [6.45, 7) is 2.30. The lowest BCUT2D eigenvalue weighted by atomic mass is 10.1. The summed E-state index contributed by atoms with van der Waals surface area (Å²) >= 11 is 1.40. The van der Waals surface area contributed by atoms with Gasteiger partial charge in [-0.2, -0.15) is 9.36 Å². The quantitative estimate of drug-likeness (QED) is 0.580. The number of nitrogens with zero attached hydrogens (tertiary/aromatic N) is 4. The van der Waals surface area contributed by atoms with Gasteiger partial charge in [0.1, 0.15) is 10.6 Å². The number of fused-ring (bicyclic) bond motifs is 1. The molecule has 0 aliphatic carbocycles. The molecule has 0 saturated heterocycles. The minimum Gasteiger partial charge on any atom is -0.451 e. The van der Waals surface area contributed by atoms with Crippen molar-refractivity contribution in [2.24, 2.45) is 0 Å². The van der Waals surface area contributed by atoms with Crippen LogP contribution in [-0.2, 0) is 6.54 Å². The number of rotatable bonds is 5. The van der Waals surface area contributed by atoms with Gasteiger partial charge in [0.05, 0.1) is 6.54 Å². The first-order valence-corrected chi connectivity index (χ1v) is 8.86. The van der Waals surface area contributed by atoms with Gasteiger partial charge in [-0.25, -0.2) is 4.79 Å². The largest absolute Gasteiger partial charge is 0.451 e. The second-order valence-electron chi connectivity index (χ2n) is 5.66. The summed E-state index contributed by atoms with van der Waals surface area (Å²) in [5.74, 6) is -0.0433. The number of aromatic nitrogens is 4. The van der Waals surface area contributed by atoms with E-state index in [9.17, 15) is 9.59 Å². The zero-order chi connectivity index (χ0) is 18.1. The van der Waals surface area contributed by atoms with E-state index in [1.165, 1.54) is 20.7 Å². The predicted molar refractivity (Wildman–Crippen MR) is 96.8 cm³/mol. The van der Waals surface area contributed by atoms with Gasteiger partial charge in [0.2, 0.25) is 0 Å². The summed E-state index contributed by atoms with van der Waals surface area (Å²) in [6, 6.07) is 11.1. The molecule has 9 heteroatoms. The molecule has 0 unspecified atom stereocenters. The lowest BCUT2D eigenvalue weighted by molar-refractivity contribution is 0.0925. The number of tetrazole rings is 1. The summed E-state index contributed by atoms with van der Waals surface area (Å²) in [5, 5.41) is 13.9. The molecule has 0 saturated carbocycles. The van der Waals surface area contributed by atoms with E-state index in [-0.39, 0.29) is 30.4 Å². The van der Waals surface area contributed by atoms with Gasteiger partial charge < -0.3 is 9.73 Å². The Hall–Kier alpha value is -3.20. The van der Waals surface area contributed by atoms with Gasteiger partial charge in [0.15, 0.2) is 5.76 Å². The van der Waals surface area contributed by atoms with Crippen LogP contribution < -0.4 is 11.0 Å². The number of aryl methyl sites for hydroxylation is 1. The number of benzene rings is 1. The molecule has 1 N–H and O–H groups in total. The van der Waals surface area contributed by atoms with Crippen LogP contribution in [0, 0.1) is 6.92 Å². The van der Waals surface area contributed by atoms with Crippen LogP contribution in [0.15, 0.2) is 51.0 Å². The lowest BCUT2D eigenvalue weighted by Gasteiger charge is -2.03. The monoisotopic (exact) mass is 369 g/mol. The van der Waals surface area contributed by atoms with Crippen molar-refractivity contribution in [1.82, 2.24) is 25.1 Å². The highest BCUT2D eigenvalue weighted by molar-refractivity contribution is 7.12. The number of amides is 1. The Balaban J connectivity index is 1.44. The summed E-state index contributed by atoms with van der Waals surface area (Å²) in [4.78, 5) is 24.6. The van der Waals surface area contributed by atoms with Crippen molar-refractivity contribution in [1.29, 1.82) is 0 Å². The molecule has 26 heavy (non-hydrogen) atoms. The fraction of sp³-hybridized carbons (Fsp3) is 0.176. The Morgan fingerprint density at radius 2 is 2.08 bits per heavy atom. The van der Waals surface area contributed by atoms with E-state index in [4.69, 9.17) is 4.42 Å². The van der Waals surface area contributed by atoms with Crippen molar-refractivity contribution in [3.8, 4) is 5.00 Å². The van der Waals surface area contributed by atoms with Crippen molar-refractivity contribution >= 4 is 28.2 Å². The maximum absolute atomic E-state index is 12.4. The van der Waals surface area contributed by atoms with E-state index in [1.807, 2.05) is 42.6 Å². The average molecular weight is 369 g/mol. The third kappa shape index (κ3) is 2.82. The van der Waals surface area contributed by atoms with E-state index in [0.29, 0.717) is 10.6 Å². The molecule has 0 atom stereocenters. The first-order valence-electron chi connectivity index (χ1n) is 7.98. The third-order valence-corrected chi connectivity index (χ3v) is 4.86. The molecule has 0 radical (unpaired) electrons. The Labute approximate surface area is 151 Å². The van der Waals surface area contributed by atoms with Crippen LogP contribution in [0.2, 0.25) is 0 Å². The van der Waals surface area contributed by atoms with Gasteiger partial charge in [-0.15, -0.1) is 11.3 Å². The molecule has 8 nitrogen and oxygen atoms in total. The van der Waals surface area contributed by atoms with Gasteiger partial charge >= 0.3 is 5.69 Å². The fourth-order valence-corrected chi connectivity index (χ4v) is 3.36. The summed E-state index contributed by atoms with van der Waals surface area (Å²) in [7, 11) is 0. The number of thiophene rings is 1. The molecular formula is C17H15N5O3S. The number of furan rings is 1. The Morgan fingerprint density at radius 1 is 1.23 bits per heavy atom. The van der Waals surface area contributed by atoms with Gasteiger partial charge in [-0.1, -0.05) is 18.2 Å². The number of hydrogen-bond acceptors (Lipinski definition) is 6. The maximum atomic E-state index is 12.4. The molecule has 132 valence electrons. The van der Waals surface area contributed by atoms with Crippen LogP contribution in [0.25, 0.3) is 16.0 Å². The van der Waals surface area contributed by atoms with Crippen LogP contribution in [0.4, 0.5) is 0 Å². The Bertz CT molecular complexity index is 1120. The van der Waals surface area contributed by atoms with Gasteiger partial charge in [-0.05, 0) is 40.9 Å². The number of carbonyl (C=O) groups is 1. The second kappa shape index (κ2) is 6.60. The minimum atomic E-state index is -0.346. The summed E-state index contributed by atoms with van der Waals surface area (Å²) in [6.07, 6.45) is 0. The van der Waals surface area contributed by atoms with Crippen molar-refractivity contribution in [3.63, 3.8) is 0 Å². The molecule has 0 aliphatic heterocycles. The molecule has 0 fully saturated rings. The normalized spacial score (nSPS) is 11.1. The molecule has 3 aromatic heterocycles. The topological polar surface area (TPSA) is 95.0 Å². The highest BCUT2D eigenvalue weighted by Gasteiger charge is 2.17. The van der Waals surface area contributed by atoms with Gasteiger partial charge in [0.25, 0.3) is 5.91 Å². The van der Waals surface area contributed by atoms with Crippen molar-refractivity contribution < 1.29 is 9.21 Å². The predicted octanol–water partition coefficient (Wildman–Crippen LogP) is 1.98. The van der Waals surface area contributed by atoms with Crippen LogP contribution in [0.1, 0.15) is 16.1 Å². The minimum absolute atomic E-state index is 0.217. The van der Waals surface area contributed by atoms with Crippen LogP contribution in [0.3, 0.4) is 0 Å². The number of hydrogen-bond donors (Lipinski definition) is 1. The van der Waals surface area contributed by atoms with Crippen LogP contribution in [0.5, 0.6) is 0 Å². The molecule has 1 amide bonds. The van der Waals surface area contributed by atoms with Crippen molar-refractivity contribution in [2.75, 3.05) is 6.54 Å². The Kier molecular flexibility index (Phi) is 4.13. The number of nitrogens with one attached hydrogen (secondary N) is 1. The van der Waals surface area contributed by atoms with Crippen LogP contribution in [-0.4, -0.2) is 32.2 Å². The van der Waals surface area contributed by atoms with Crippen LogP contribution >= 0.6 is 11.3 Å². The molecule has 0 bridgehead atoms. The first-order chi connectivity index (χ1) is 12.6. The molecule has 0 spiro atoms. The standard InChI is InChI=1S/C17H15N5O3S/c1-11-12-5-2-3-6-13(12)25-15(11)16(23)18-8-9-21-17(24)22(20-19-21)14-7-4-10-26-14/h2-7,10H,8-9H2,1H3,(H,18,23). The molecule has 0 aliphatic rings. The fourth-order valence-electron chi connectivity index (χ4n) is 2.69. The second-order valence-corrected chi connectivity index (χ2v) is 6.58. The lowest BCUT2D eigenvalue weighted by Crippen LogP contribution is -2.32. The highest BCUT2D eigenvalue weighted by Crippen LogP contribution is 2.24. The highest BCUT2D eigenvalue weighted by atomic mass is 32.1. The van der Waals surface area contributed by atoms with Gasteiger partial charge in [0, 0.05) is 17.5 Å². The van der Waals surface area contributed by atoms with Crippen molar-refractivity contribution in [3.05, 3.63) is 63.6 Å². The molecule has 3 heterocycles. The van der Waals surface area contributed by atoms with E-state index in [2.05, 4.69) is 15.7 Å². The Morgan fingerprint density at radius 3 is 2.85 bits per heavy atom. The number of carbonyl (C=O) groups excluding carboxylic acids is 1. The average Bonchev–Trinajstić information content (AvgIpc) is 3.36. The summed E-state index contributed by atoms with van der Waals surface area (Å²) < 4.78 is 8.07. The van der Waals surface area contributed by atoms with E-state index in [1.54, 1.807) is 6.07 Å². The third-order valence-electron chi connectivity index (χ3n) is 4.01.